The number of hydrogen-bond donors (Lipinski definition) is 5. The van der Waals surface area contributed by atoms with Crippen molar-refractivity contribution in [1.82, 2.24) is 4.72 Å². The van der Waals surface area contributed by atoms with Gasteiger partial charge in [0.05, 0.1) is 4.91 Å². The Balaban J connectivity index is 5.72. The molecular weight excluding hydrogens is 344 g/mol. The third-order valence-corrected chi connectivity index (χ3v) is 7.54. The Morgan fingerprint density at radius 3 is 1.81 bits per heavy atom. The van der Waals surface area contributed by atoms with Crippen LogP contribution in [0, 0.1) is 0 Å². The summed E-state index contributed by atoms with van der Waals surface area (Å²) in [6, 6.07) is 0. The van der Waals surface area contributed by atoms with Crippen molar-refractivity contribution in [1.29, 1.82) is 0 Å². The van der Waals surface area contributed by atoms with Crippen LogP contribution in [0.3, 0.4) is 0 Å². The first-order valence-electron chi connectivity index (χ1n) is 5.68. The van der Waals surface area contributed by atoms with Crippen LogP contribution in [-0.4, -0.2) is 33.5 Å². The highest BCUT2D eigenvalue weighted by atomic mass is 32.2. The van der Waals surface area contributed by atoms with Gasteiger partial charge in [0.15, 0.2) is 0 Å². The van der Waals surface area contributed by atoms with Crippen molar-refractivity contribution in [3.63, 3.8) is 0 Å². The Hall–Kier alpha value is -0.310. The Kier molecular flexibility index (Phi) is 7.19. The second-order valence-corrected chi connectivity index (χ2v) is 9.97. The lowest BCUT2D eigenvalue weighted by Gasteiger charge is -2.21. The molecule has 0 saturated heterocycles. The van der Waals surface area contributed by atoms with E-state index in [0.29, 0.717) is 0 Å². The molecule has 0 aromatic carbocycles. The molecule has 124 valence electrons. The average molecular weight is 363 g/mol. The average Bonchev–Trinajstić information content (AvgIpc) is 2.23. The first-order valence-corrected chi connectivity index (χ1v) is 10.5. The number of nitrogens with one attached hydrogen (secondary N) is 1. The van der Waals surface area contributed by atoms with Crippen LogP contribution in [0.5, 0.6) is 0 Å². The molecule has 0 aromatic heterocycles. The smallest absolute Gasteiger partial charge is 0.323 e. The molecule has 0 heterocycles. The quantitative estimate of drug-likeness (QED) is 0.328. The second kappa shape index (κ2) is 7.30. The summed E-state index contributed by atoms with van der Waals surface area (Å²) in [5.74, 6) is 0. The molecule has 0 aliphatic carbocycles. The summed E-state index contributed by atoms with van der Waals surface area (Å²) in [6.45, 7) is 4.89. The highest BCUT2D eigenvalue weighted by Crippen LogP contribution is 2.58. The van der Waals surface area contributed by atoms with Crippen LogP contribution >= 0.6 is 15.2 Å². The van der Waals surface area contributed by atoms with Crippen LogP contribution < -0.4 is 4.72 Å². The third kappa shape index (κ3) is 6.99. The molecular formula is C9H19NO8P2S. The zero-order valence-electron chi connectivity index (χ0n) is 11.7. The Morgan fingerprint density at radius 2 is 1.52 bits per heavy atom. The maximum atomic E-state index is 12.0. The van der Waals surface area contributed by atoms with Crippen molar-refractivity contribution in [3.8, 4) is 0 Å². The molecule has 0 fully saturated rings. The van der Waals surface area contributed by atoms with E-state index in [9.17, 15) is 17.5 Å². The van der Waals surface area contributed by atoms with E-state index in [0.717, 1.165) is 5.57 Å². The monoisotopic (exact) mass is 363 g/mol. The summed E-state index contributed by atoms with van der Waals surface area (Å²) in [5.41, 5.74) is -2.03. The van der Waals surface area contributed by atoms with Crippen LogP contribution in [0.25, 0.3) is 0 Å². The van der Waals surface area contributed by atoms with E-state index < -0.39 is 30.7 Å². The zero-order valence-corrected chi connectivity index (χ0v) is 14.3. The fourth-order valence-electron chi connectivity index (χ4n) is 1.20. The Morgan fingerprint density at radius 1 is 1.10 bits per heavy atom. The highest BCUT2D eigenvalue weighted by molar-refractivity contribution is 7.94. The third-order valence-electron chi connectivity index (χ3n) is 2.19. The first kappa shape index (κ1) is 20.7. The molecule has 21 heavy (non-hydrogen) atoms. The molecule has 5 N–H and O–H groups in total. The second-order valence-electron chi connectivity index (χ2n) is 4.40. The molecule has 12 heteroatoms. The van der Waals surface area contributed by atoms with E-state index in [1.54, 1.807) is 13.8 Å². The number of sulfonamides is 1. The Labute approximate surface area is 123 Å². The van der Waals surface area contributed by atoms with Crippen LogP contribution in [-0.2, 0) is 19.2 Å². The molecule has 0 aromatic rings. The minimum Gasteiger partial charge on any atom is -0.323 e. The number of allylic oxidation sites excluding steroid dienone is 4. The fourth-order valence-corrected chi connectivity index (χ4v) is 5.76. The maximum Gasteiger partial charge on any atom is 0.355 e. The van der Waals surface area contributed by atoms with Crippen LogP contribution in [0.4, 0.5) is 0 Å². The van der Waals surface area contributed by atoms with Gasteiger partial charge in [-0.3, -0.25) is 9.13 Å². The molecule has 0 bridgehead atoms. The molecule has 0 spiro atoms. The van der Waals surface area contributed by atoms with E-state index in [2.05, 4.69) is 0 Å². The van der Waals surface area contributed by atoms with Crippen molar-refractivity contribution < 1.29 is 37.1 Å². The summed E-state index contributed by atoms with van der Waals surface area (Å²) < 4.78 is 47.5. The highest BCUT2D eigenvalue weighted by Gasteiger charge is 2.46. The molecule has 9 nitrogen and oxygen atoms in total. The standard InChI is InChI=1S/C9H19NO8P2S/c1-4-8(6-5-7(2)3)21(17,18)10-9(19(11,12)13)20(14,15)16/h5-6,9-10H,4H2,1-3H3,(H2,11,12,13)(H2,14,15,16)/b8-6+. The lowest BCUT2D eigenvalue weighted by atomic mass is 10.3. The molecule has 0 saturated carbocycles. The van der Waals surface area contributed by atoms with E-state index in [4.69, 9.17) is 19.6 Å². The van der Waals surface area contributed by atoms with Gasteiger partial charge in [0.25, 0.3) is 0 Å². The number of hydrogen-bond acceptors (Lipinski definition) is 4. The fraction of sp³-hybridized carbons (Fsp3) is 0.556. The molecule has 0 aliphatic rings. The van der Waals surface area contributed by atoms with Crippen LogP contribution in [0.1, 0.15) is 27.2 Å². The van der Waals surface area contributed by atoms with E-state index in [1.807, 2.05) is 0 Å². The van der Waals surface area contributed by atoms with Crippen molar-refractivity contribution in [2.45, 2.75) is 32.7 Å². The van der Waals surface area contributed by atoms with Crippen molar-refractivity contribution in [3.05, 3.63) is 22.6 Å². The summed E-state index contributed by atoms with van der Waals surface area (Å²) in [6.07, 6.45) is 2.64. The largest absolute Gasteiger partial charge is 0.355 e. The van der Waals surface area contributed by atoms with Crippen LogP contribution in [0.15, 0.2) is 22.6 Å². The van der Waals surface area contributed by atoms with Gasteiger partial charge in [0, 0.05) is 0 Å². The molecule has 0 rings (SSSR count). The van der Waals surface area contributed by atoms with Crippen molar-refractivity contribution >= 4 is 25.2 Å². The van der Waals surface area contributed by atoms with Crippen molar-refractivity contribution in [2.24, 2.45) is 0 Å². The molecule has 0 aliphatic heterocycles. The normalized spacial score (nSPS) is 14.4. The predicted octanol–water partition coefficient (Wildman–Crippen LogP) is 0.805. The van der Waals surface area contributed by atoms with Crippen molar-refractivity contribution in [2.75, 3.05) is 0 Å². The lowest BCUT2D eigenvalue weighted by molar-refractivity contribution is 0.335. The van der Waals surface area contributed by atoms with Crippen LogP contribution in [0.2, 0.25) is 0 Å². The first-order chi connectivity index (χ1) is 9.21. The summed E-state index contributed by atoms with van der Waals surface area (Å²) in [5, 5.41) is 0. The van der Waals surface area contributed by atoms with Gasteiger partial charge >= 0.3 is 15.2 Å². The van der Waals surface area contributed by atoms with E-state index in [1.165, 1.54) is 23.8 Å². The van der Waals surface area contributed by atoms with Gasteiger partial charge in [-0.25, -0.2) is 8.42 Å². The Bertz CT molecular complexity index is 600. The van der Waals surface area contributed by atoms with E-state index in [-0.39, 0.29) is 11.3 Å². The molecule has 0 amide bonds. The van der Waals surface area contributed by atoms with E-state index >= 15 is 0 Å². The summed E-state index contributed by atoms with van der Waals surface area (Å²) >= 11 is 0. The minimum atomic E-state index is -5.38. The maximum absolute atomic E-state index is 12.0. The van der Waals surface area contributed by atoms with Gasteiger partial charge in [-0.05, 0) is 26.3 Å². The molecule has 0 atom stereocenters. The summed E-state index contributed by atoms with van der Waals surface area (Å²) in [4.78, 5) is 35.4. The molecule has 0 unspecified atom stereocenters. The minimum absolute atomic E-state index is 0.0197. The van der Waals surface area contributed by atoms with Gasteiger partial charge in [0.2, 0.25) is 15.5 Å². The lowest BCUT2D eigenvalue weighted by Crippen LogP contribution is -2.35. The van der Waals surface area contributed by atoms with Gasteiger partial charge in [-0.2, -0.15) is 4.72 Å². The van der Waals surface area contributed by atoms with Gasteiger partial charge in [-0.15, -0.1) is 0 Å². The van der Waals surface area contributed by atoms with Gasteiger partial charge in [0.1, 0.15) is 0 Å². The molecule has 0 radical (unpaired) electrons. The van der Waals surface area contributed by atoms with Gasteiger partial charge in [-0.1, -0.05) is 18.6 Å². The summed E-state index contributed by atoms with van der Waals surface area (Å²) in [7, 11) is -15.2. The topological polar surface area (TPSA) is 161 Å². The number of rotatable bonds is 7. The zero-order chi connectivity index (χ0) is 17.1. The SMILES string of the molecule is CC/C(=C\C=C(C)C)S(=O)(=O)NC(P(=O)(O)O)P(=O)(O)O. The van der Waals surface area contributed by atoms with Gasteiger partial charge < -0.3 is 19.6 Å². The predicted molar refractivity (Wildman–Crippen MR) is 77.7 cm³/mol.